The Bertz CT molecular complexity index is 371. The minimum atomic E-state index is -0.903. The van der Waals surface area contributed by atoms with Gasteiger partial charge in [0.25, 0.3) is 0 Å². The number of carboxylic acids is 1. The molecule has 0 aliphatic rings. The van der Waals surface area contributed by atoms with E-state index in [0.717, 1.165) is 23.1 Å². The molecule has 0 aromatic carbocycles. The van der Waals surface area contributed by atoms with Crippen LogP contribution in [0.15, 0.2) is 11.2 Å². The highest BCUT2D eigenvalue weighted by molar-refractivity contribution is 8.01. The molecule has 1 heterocycles. The lowest BCUT2D eigenvalue weighted by Gasteiger charge is -2.17. The second kappa shape index (κ2) is 4.18. The molecule has 0 aliphatic heterocycles. The fourth-order valence-corrected chi connectivity index (χ4v) is 1.93. The molecule has 1 aromatic rings. The smallest absolute Gasteiger partial charge is 0.319 e. The minimum Gasteiger partial charge on any atom is -0.480 e. The molecule has 0 saturated carbocycles. The van der Waals surface area contributed by atoms with Crippen LogP contribution in [0.3, 0.4) is 0 Å². The molecular weight excluding hydrogens is 212 g/mol. The van der Waals surface area contributed by atoms with Crippen LogP contribution in [0.1, 0.15) is 25.2 Å². The zero-order valence-electron chi connectivity index (χ0n) is 9.24. The van der Waals surface area contributed by atoms with Crippen LogP contribution >= 0.6 is 11.8 Å². The molecule has 1 rings (SSSR count). The van der Waals surface area contributed by atoms with Gasteiger partial charge < -0.3 is 5.11 Å². The first-order chi connectivity index (χ1) is 6.81. The molecule has 0 amide bonds. The summed E-state index contributed by atoms with van der Waals surface area (Å²) in [6.07, 6.45) is 0. The van der Waals surface area contributed by atoms with E-state index >= 15 is 0 Å². The van der Waals surface area contributed by atoms with Crippen LogP contribution in [0.5, 0.6) is 0 Å². The fraction of sp³-hybridized carbons (Fsp3) is 0.500. The summed E-state index contributed by atoms with van der Waals surface area (Å²) in [7, 11) is 0. The number of aromatic nitrogens is 2. The summed E-state index contributed by atoms with van der Waals surface area (Å²) >= 11 is 1.16. The van der Waals surface area contributed by atoms with Crippen LogP contribution in [-0.2, 0) is 4.79 Å². The van der Waals surface area contributed by atoms with Crippen molar-refractivity contribution >= 4 is 17.7 Å². The molecule has 0 spiro atoms. The van der Waals surface area contributed by atoms with Crippen molar-refractivity contribution in [1.29, 1.82) is 0 Å². The van der Waals surface area contributed by atoms with E-state index in [-0.39, 0.29) is 0 Å². The van der Waals surface area contributed by atoms with E-state index in [0.29, 0.717) is 5.16 Å². The number of hydrogen-bond acceptors (Lipinski definition) is 4. The Morgan fingerprint density at radius 3 is 2.20 bits per heavy atom. The highest BCUT2D eigenvalue weighted by Crippen LogP contribution is 2.30. The van der Waals surface area contributed by atoms with Gasteiger partial charge >= 0.3 is 5.97 Å². The zero-order valence-corrected chi connectivity index (χ0v) is 10.1. The Kier molecular flexibility index (Phi) is 3.34. The van der Waals surface area contributed by atoms with Crippen molar-refractivity contribution in [3.05, 3.63) is 17.5 Å². The standard InChI is InChI=1S/C10H14N2O2S/c1-6-5-7(2)12-9(11-6)15-10(3,4)8(13)14/h5H,1-4H3,(H,13,14). The second-order valence-electron chi connectivity index (χ2n) is 3.85. The van der Waals surface area contributed by atoms with Crippen molar-refractivity contribution in [3.8, 4) is 0 Å². The number of rotatable bonds is 3. The summed E-state index contributed by atoms with van der Waals surface area (Å²) in [4.78, 5) is 19.3. The summed E-state index contributed by atoms with van der Waals surface area (Å²) in [5.41, 5.74) is 1.71. The quantitative estimate of drug-likeness (QED) is 0.631. The maximum atomic E-state index is 10.9. The van der Waals surface area contributed by atoms with Crippen LogP contribution < -0.4 is 0 Å². The third-order valence-electron chi connectivity index (χ3n) is 1.82. The maximum absolute atomic E-state index is 10.9. The highest BCUT2D eigenvalue weighted by atomic mass is 32.2. The molecule has 0 unspecified atom stereocenters. The van der Waals surface area contributed by atoms with E-state index in [9.17, 15) is 4.79 Å². The summed E-state index contributed by atoms with van der Waals surface area (Å²) in [5.74, 6) is -0.866. The third-order valence-corrected chi connectivity index (χ3v) is 2.87. The van der Waals surface area contributed by atoms with Crippen LogP contribution in [0, 0.1) is 13.8 Å². The van der Waals surface area contributed by atoms with Gasteiger partial charge in [-0.2, -0.15) is 0 Å². The van der Waals surface area contributed by atoms with E-state index in [4.69, 9.17) is 5.11 Å². The highest BCUT2D eigenvalue weighted by Gasteiger charge is 2.29. The van der Waals surface area contributed by atoms with Gasteiger partial charge in [-0.1, -0.05) is 11.8 Å². The first-order valence-corrected chi connectivity index (χ1v) is 5.37. The minimum absolute atomic E-state index is 0.514. The van der Waals surface area contributed by atoms with Crippen molar-refractivity contribution in [3.63, 3.8) is 0 Å². The van der Waals surface area contributed by atoms with E-state index in [1.807, 2.05) is 19.9 Å². The van der Waals surface area contributed by atoms with Gasteiger partial charge in [-0.3, -0.25) is 4.79 Å². The zero-order chi connectivity index (χ0) is 11.6. The van der Waals surface area contributed by atoms with E-state index in [1.165, 1.54) is 0 Å². The van der Waals surface area contributed by atoms with Crippen molar-refractivity contribution in [1.82, 2.24) is 9.97 Å². The number of aryl methyl sites for hydroxylation is 2. The molecule has 1 N–H and O–H groups in total. The lowest BCUT2D eigenvalue weighted by atomic mass is 10.2. The molecular formula is C10H14N2O2S. The first-order valence-electron chi connectivity index (χ1n) is 4.56. The average molecular weight is 226 g/mol. The van der Waals surface area contributed by atoms with Gasteiger partial charge in [0.1, 0.15) is 4.75 Å². The van der Waals surface area contributed by atoms with Crippen LogP contribution in [0.4, 0.5) is 0 Å². The molecule has 82 valence electrons. The van der Waals surface area contributed by atoms with Gasteiger partial charge in [-0.15, -0.1) is 0 Å². The first kappa shape index (κ1) is 12.0. The van der Waals surface area contributed by atoms with Gasteiger partial charge in [0.2, 0.25) is 0 Å². The molecule has 0 saturated heterocycles. The largest absolute Gasteiger partial charge is 0.480 e. The van der Waals surface area contributed by atoms with Crippen LogP contribution in [0.2, 0.25) is 0 Å². The predicted octanol–water partition coefficient (Wildman–Crippen LogP) is 2.05. The average Bonchev–Trinajstić information content (AvgIpc) is 1.99. The molecule has 1 aromatic heterocycles. The van der Waals surface area contributed by atoms with Gasteiger partial charge in [0, 0.05) is 11.4 Å². The molecule has 0 fully saturated rings. The number of carbonyl (C=O) groups is 1. The SMILES string of the molecule is Cc1cc(C)nc(SC(C)(C)C(=O)O)n1. The molecule has 0 aliphatic carbocycles. The third kappa shape index (κ3) is 3.20. The van der Waals surface area contributed by atoms with Gasteiger partial charge in [0.05, 0.1) is 0 Å². The van der Waals surface area contributed by atoms with Gasteiger partial charge in [0.15, 0.2) is 5.16 Å². The van der Waals surface area contributed by atoms with Crippen LogP contribution in [-0.4, -0.2) is 25.8 Å². The monoisotopic (exact) mass is 226 g/mol. The number of hydrogen-bond donors (Lipinski definition) is 1. The Balaban J connectivity index is 2.94. The van der Waals surface area contributed by atoms with Crippen molar-refractivity contribution in [2.75, 3.05) is 0 Å². The Labute approximate surface area is 93.1 Å². The second-order valence-corrected chi connectivity index (χ2v) is 5.44. The Hall–Kier alpha value is -1.10. The molecule has 0 atom stereocenters. The van der Waals surface area contributed by atoms with Gasteiger partial charge in [-0.25, -0.2) is 9.97 Å². The maximum Gasteiger partial charge on any atom is 0.319 e. The topological polar surface area (TPSA) is 63.1 Å². The van der Waals surface area contributed by atoms with Crippen LogP contribution in [0.25, 0.3) is 0 Å². The Morgan fingerprint density at radius 2 is 1.80 bits per heavy atom. The van der Waals surface area contributed by atoms with Crippen molar-refractivity contribution < 1.29 is 9.90 Å². The summed E-state index contributed by atoms with van der Waals surface area (Å²) in [6, 6.07) is 1.86. The van der Waals surface area contributed by atoms with Gasteiger partial charge in [-0.05, 0) is 33.8 Å². The molecule has 4 nitrogen and oxygen atoms in total. The molecule has 5 heteroatoms. The summed E-state index contributed by atoms with van der Waals surface area (Å²) < 4.78 is -0.903. The van der Waals surface area contributed by atoms with Crippen molar-refractivity contribution in [2.45, 2.75) is 37.6 Å². The van der Waals surface area contributed by atoms with E-state index in [1.54, 1.807) is 13.8 Å². The predicted molar refractivity (Wildman–Crippen MR) is 59.1 cm³/mol. The lowest BCUT2D eigenvalue weighted by Crippen LogP contribution is -2.27. The summed E-state index contributed by atoms with van der Waals surface area (Å²) in [6.45, 7) is 7.01. The molecule has 0 bridgehead atoms. The lowest BCUT2D eigenvalue weighted by molar-refractivity contribution is -0.138. The normalized spacial score (nSPS) is 11.5. The Morgan fingerprint density at radius 1 is 1.33 bits per heavy atom. The van der Waals surface area contributed by atoms with E-state index < -0.39 is 10.7 Å². The number of aliphatic carboxylic acids is 1. The van der Waals surface area contributed by atoms with E-state index in [2.05, 4.69) is 9.97 Å². The van der Waals surface area contributed by atoms with Crippen molar-refractivity contribution in [2.24, 2.45) is 0 Å². The number of thioether (sulfide) groups is 1. The number of nitrogens with zero attached hydrogens (tertiary/aromatic N) is 2. The number of carboxylic acid groups (broad SMARTS) is 1. The molecule has 15 heavy (non-hydrogen) atoms. The fourth-order valence-electron chi connectivity index (χ4n) is 1.01. The molecule has 0 radical (unpaired) electrons. The summed E-state index contributed by atoms with van der Waals surface area (Å²) in [5, 5.41) is 9.48.